The van der Waals surface area contributed by atoms with Gasteiger partial charge in [-0.15, -0.1) is 11.3 Å². The molecule has 10 heteroatoms. The maximum atomic E-state index is 12.7. The van der Waals surface area contributed by atoms with Crippen LogP contribution in [0.25, 0.3) is 10.1 Å². The lowest BCUT2D eigenvalue weighted by molar-refractivity contribution is -0.118. The summed E-state index contributed by atoms with van der Waals surface area (Å²) < 4.78 is 39.1. The lowest BCUT2D eigenvalue weighted by atomic mass is 10.1. The first-order valence-corrected chi connectivity index (χ1v) is 13.2. The summed E-state index contributed by atoms with van der Waals surface area (Å²) in [6.07, 6.45) is 0. The minimum absolute atomic E-state index is 0.0768. The lowest BCUT2D eigenvalue weighted by Crippen LogP contribution is -2.20. The Kier molecular flexibility index (Phi) is 7.27. The molecule has 0 aliphatic rings. The van der Waals surface area contributed by atoms with Gasteiger partial charge in [-0.3, -0.25) is 9.52 Å². The molecule has 0 saturated heterocycles. The number of rotatable bonds is 8. The summed E-state index contributed by atoms with van der Waals surface area (Å²) in [5, 5.41) is 3.56. The summed E-state index contributed by atoms with van der Waals surface area (Å²) in [7, 11) is -2.44. The highest BCUT2D eigenvalue weighted by Crippen LogP contribution is 2.28. The summed E-state index contributed by atoms with van der Waals surface area (Å²) in [6.45, 7) is 3.61. The van der Waals surface area contributed by atoms with Gasteiger partial charge in [0.05, 0.1) is 12.0 Å². The van der Waals surface area contributed by atoms with Gasteiger partial charge in [0.1, 0.15) is 10.6 Å². The highest BCUT2D eigenvalue weighted by molar-refractivity contribution is 7.92. The van der Waals surface area contributed by atoms with Crippen molar-refractivity contribution in [3.05, 3.63) is 82.7 Å². The Morgan fingerprint density at radius 2 is 1.61 bits per heavy atom. The van der Waals surface area contributed by atoms with Crippen LogP contribution in [0.5, 0.6) is 5.75 Å². The highest BCUT2D eigenvalue weighted by Gasteiger charge is 2.15. The van der Waals surface area contributed by atoms with Crippen LogP contribution in [-0.2, 0) is 19.6 Å². The van der Waals surface area contributed by atoms with Gasteiger partial charge >= 0.3 is 5.97 Å². The summed E-state index contributed by atoms with van der Waals surface area (Å²) in [5.74, 6) is -0.438. The van der Waals surface area contributed by atoms with Crippen LogP contribution < -0.4 is 14.8 Å². The van der Waals surface area contributed by atoms with Crippen LogP contribution >= 0.6 is 11.3 Å². The summed E-state index contributed by atoms with van der Waals surface area (Å²) >= 11 is 1.31. The number of nitrogens with one attached hydrogen (secondary N) is 2. The largest absolute Gasteiger partial charge is 0.484 e. The number of hydrogen-bond donors (Lipinski definition) is 2. The van der Waals surface area contributed by atoms with Gasteiger partial charge in [-0.1, -0.05) is 6.07 Å². The standard InChI is InChI=1S/C26H24N2O6S2/c1-16-4-5-20(12-17(16)2)28-36(31,32)22-9-7-21(8-10-22)34-15-25(29)27-19-6-11-23-18(13-19)14-24(35-23)26(30)33-3/h4-14,28H,15H2,1-3H3,(H,27,29). The average Bonchev–Trinajstić information content (AvgIpc) is 3.28. The van der Waals surface area contributed by atoms with Crippen molar-refractivity contribution in [1.29, 1.82) is 0 Å². The van der Waals surface area contributed by atoms with Crippen LogP contribution in [0, 0.1) is 13.8 Å². The summed E-state index contributed by atoms with van der Waals surface area (Å²) in [6, 6.07) is 18.2. The number of thiophene rings is 1. The van der Waals surface area contributed by atoms with E-state index >= 15 is 0 Å². The quantitative estimate of drug-likeness (QED) is 0.310. The smallest absolute Gasteiger partial charge is 0.348 e. The monoisotopic (exact) mass is 524 g/mol. The maximum absolute atomic E-state index is 12.7. The Hall–Kier alpha value is -3.89. The van der Waals surface area contributed by atoms with E-state index in [0.717, 1.165) is 21.2 Å². The summed E-state index contributed by atoms with van der Waals surface area (Å²) in [4.78, 5) is 24.6. The fraction of sp³-hybridized carbons (Fsp3) is 0.154. The molecule has 36 heavy (non-hydrogen) atoms. The molecule has 1 heterocycles. The van der Waals surface area contributed by atoms with E-state index in [0.29, 0.717) is 22.0 Å². The number of hydrogen-bond acceptors (Lipinski definition) is 7. The van der Waals surface area contributed by atoms with Gasteiger partial charge in [0, 0.05) is 16.1 Å². The summed E-state index contributed by atoms with van der Waals surface area (Å²) in [5.41, 5.74) is 3.10. The van der Waals surface area contributed by atoms with Crippen LogP contribution in [0.4, 0.5) is 11.4 Å². The highest BCUT2D eigenvalue weighted by atomic mass is 32.2. The third-order valence-electron chi connectivity index (χ3n) is 5.45. The molecule has 0 aliphatic heterocycles. The van der Waals surface area contributed by atoms with Gasteiger partial charge in [0.2, 0.25) is 0 Å². The third-order valence-corrected chi connectivity index (χ3v) is 7.94. The van der Waals surface area contributed by atoms with Crippen molar-refractivity contribution in [1.82, 2.24) is 0 Å². The van der Waals surface area contributed by atoms with Crippen molar-refractivity contribution in [2.45, 2.75) is 18.7 Å². The van der Waals surface area contributed by atoms with Crippen molar-refractivity contribution in [2.75, 3.05) is 23.8 Å². The SMILES string of the molecule is COC(=O)c1cc2cc(NC(=O)COc3ccc(S(=O)(=O)Nc4ccc(C)c(C)c4)cc3)ccc2s1. The number of amides is 1. The van der Waals surface area contributed by atoms with Crippen LogP contribution in [0.15, 0.2) is 71.6 Å². The first kappa shape index (κ1) is 25.2. The number of ether oxygens (including phenoxy) is 2. The number of carbonyl (C=O) groups excluding carboxylic acids is 2. The molecule has 8 nitrogen and oxygen atoms in total. The number of esters is 1. The number of fused-ring (bicyclic) bond motifs is 1. The van der Waals surface area contributed by atoms with E-state index in [2.05, 4.69) is 10.0 Å². The average molecular weight is 525 g/mol. The van der Waals surface area contributed by atoms with Crippen LogP contribution in [-0.4, -0.2) is 34.0 Å². The second-order valence-corrected chi connectivity index (χ2v) is 10.8. The van der Waals surface area contributed by atoms with Gasteiger partial charge in [-0.05, 0) is 91.0 Å². The van der Waals surface area contributed by atoms with Gasteiger partial charge in [-0.2, -0.15) is 0 Å². The molecule has 0 spiro atoms. The maximum Gasteiger partial charge on any atom is 0.348 e. The van der Waals surface area contributed by atoms with E-state index < -0.39 is 16.0 Å². The van der Waals surface area contributed by atoms with Crippen molar-refractivity contribution >= 4 is 54.7 Å². The molecule has 3 aromatic carbocycles. The molecule has 0 fully saturated rings. The predicted octanol–water partition coefficient (Wildman–Crippen LogP) is 5.12. The Morgan fingerprint density at radius 3 is 2.31 bits per heavy atom. The fourth-order valence-corrected chi connectivity index (χ4v) is 5.41. The van der Waals surface area contributed by atoms with E-state index in [1.807, 2.05) is 26.0 Å². The van der Waals surface area contributed by atoms with Gasteiger partial charge in [0.15, 0.2) is 6.61 Å². The molecule has 0 unspecified atom stereocenters. The zero-order chi connectivity index (χ0) is 25.9. The molecule has 1 aromatic heterocycles. The molecule has 2 N–H and O–H groups in total. The zero-order valence-corrected chi connectivity index (χ0v) is 21.5. The molecule has 0 bridgehead atoms. The van der Waals surface area contributed by atoms with E-state index in [1.54, 1.807) is 30.3 Å². The van der Waals surface area contributed by atoms with E-state index in [1.165, 1.54) is 42.7 Å². The molecule has 4 rings (SSSR count). The Bertz CT molecular complexity index is 1540. The Labute approximate surface area is 212 Å². The first-order chi connectivity index (χ1) is 17.1. The minimum Gasteiger partial charge on any atom is -0.484 e. The molecule has 0 saturated carbocycles. The van der Waals surface area contributed by atoms with Crippen LogP contribution in [0.2, 0.25) is 0 Å². The second kappa shape index (κ2) is 10.4. The van der Waals surface area contributed by atoms with Crippen molar-refractivity contribution in [3.63, 3.8) is 0 Å². The topological polar surface area (TPSA) is 111 Å². The van der Waals surface area contributed by atoms with Crippen molar-refractivity contribution in [2.24, 2.45) is 0 Å². The molecule has 4 aromatic rings. The molecule has 0 atom stereocenters. The number of carbonyl (C=O) groups is 2. The Morgan fingerprint density at radius 1 is 0.889 bits per heavy atom. The van der Waals surface area contributed by atoms with E-state index in [9.17, 15) is 18.0 Å². The Balaban J connectivity index is 1.35. The number of aryl methyl sites for hydroxylation is 2. The number of sulfonamides is 1. The third kappa shape index (κ3) is 5.84. The molecular formula is C26H24N2O6S2. The van der Waals surface area contributed by atoms with E-state index in [-0.39, 0.29) is 17.4 Å². The normalized spacial score (nSPS) is 11.2. The molecular weight excluding hydrogens is 500 g/mol. The predicted molar refractivity (Wildman–Crippen MR) is 140 cm³/mol. The van der Waals surface area contributed by atoms with E-state index in [4.69, 9.17) is 9.47 Å². The lowest BCUT2D eigenvalue weighted by Gasteiger charge is -2.11. The van der Waals surface area contributed by atoms with Crippen molar-refractivity contribution in [3.8, 4) is 5.75 Å². The van der Waals surface area contributed by atoms with Gasteiger partial charge < -0.3 is 14.8 Å². The molecule has 1 amide bonds. The second-order valence-electron chi connectivity index (χ2n) is 8.07. The first-order valence-electron chi connectivity index (χ1n) is 10.9. The van der Waals surface area contributed by atoms with Gasteiger partial charge in [0.25, 0.3) is 15.9 Å². The van der Waals surface area contributed by atoms with Gasteiger partial charge in [-0.25, -0.2) is 13.2 Å². The van der Waals surface area contributed by atoms with Crippen LogP contribution in [0.3, 0.4) is 0 Å². The zero-order valence-electron chi connectivity index (χ0n) is 19.8. The minimum atomic E-state index is -3.77. The molecule has 186 valence electrons. The molecule has 0 radical (unpaired) electrons. The number of methoxy groups -OCH3 is 1. The fourth-order valence-electron chi connectivity index (χ4n) is 3.40. The van der Waals surface area contributed by atoms with Crippen molar-refractivity contribution < 1.29 is 27.5 Å². The van der Waals surface area contributed by atoms with Crippen LogP contribution in [0.1, 0.15) is 20.8 Å². The molecule has 0 aliphatic carbocycles. The number of benzene rings is 3. The number of anilines is 2.